The van der Waals surface area contributed by atoms with Crippen LogP contribution in [-0.2, 0) is 6.18 Å². The number of aromatic nitrogens is 2. The predicted octanol–water partition coefficient (Wildman–Crippen LogP) is 4.22. The van der Waals surface area contributed by atoms with Gasteiger partial charge in [0, 0.05) is 11.1 Å². The van der Waals surface area contributed by atoms with Crippen LogP contribution in [0.1, 0.15) is 29.9 Å². The van der Waals surface area contributed by atoms with Crippen molar-refractivity contribution in [2.75, 3.05) is 10.6 Å². The van der Waals surface area contributed by atoms with E-state index >= 15 is 0 Å². The van der Waals surface area contributed by atoms with E-state index in [0.717, 1.165) is 12.1 Å². The maximum Gasteiger partial charge on any atom is 0.418 e. The van der Waals surface area contributed by atoms with Crippen molar-refractivity contribution in [2.24, 2.45) is 0 Å². The zero-order valence-corrected chi connectivity index (χ0v) is 13.5. The summed E-state index contributed by atoms with van der Waals surface area (Å²) < 4.78 is 39.0. The lowest BCUT2D eigenvalue weighted by atomic mass is 10.1. The van der Waals surface area contributed by atoms with E-state index in [9.17, 15) is 18.0 Å². The van der Waals surface area contributed by atoms with Crippen molar-refractivity contribution >= 4 is 29.0 Å². The molecule has 1 aromatic heterocycles. The number of rotatable bonds is 4. The Balaban J connectivity index is 2.21. The number of anilines is 2. The van der Waals surface area contributed by atoms with Crippen molar-refractivity contribution in [3.05, 3.63) is 46.9 Å². The zero-order valence-electron chi connectivity index (χ0n) is 12.8. The first-order valence-electron chi connectivity index (χ1n) is 6.93. The maximum atomic E-state index is 13.0. The third-order valence-corrected chi connectivity index (χ3v) is 3.09. The monoisotopic (exact) mass is 358 g/mol. The Bertz CT molecular complexity index is 732. The molecule has 0 atom stereocenters. The van der Waals surface area contributed by atoms with Gasteiger partial charge in [0.05, 0.1) is 23.6 Å². The largest absolute Gasteiger partial charge is 0.418 e. The summed E-state index contributed by atoms with van der Waals surface area (Å²) in [7, 11) is 0. The van der Waals surface area contributed by atoms with Gasteiger partial charge in [-0.25, -0.2) is 9.97 Å². The van der Waals surface area contributed by atoms with Gasteiger partial charge in [-0.3, -0.25) is 4.79 Å². The molecule has 0 bridgehead atoms. The summed E-state index contributed by atoms with van der Waals surface area (Å²) >= 11 is 5.59. The molecule has 24 heavy (non-hydrogen) atoms. The second kappa shape index (κ2) is 7.04. The molecule has 2 rings (SSSR count). The van der Waals surface area contributed by atoms with E-state index in [4.69, 9.17) is 11.6 Å². The van der Waals surface area contributed by atoms with Crippen LogP contribution in [0.4, 0.5) is 24.7 Å². The Kier molecular flexibility index (Phi) is 5.28. The molecule has 0 spiro atoms. The van der Waals surface area contributed by atoms with Crippen molar-refractivity contribution < 1.29 is 18.0 Å². The lowest BCUT2D eigenvalue weighted by molar-refractivity contribution is -0.136. The number of carbonyl (C=O) groups is 1. The Morgan fingerprint density at radius 2 is 1.92 bits per heavy atom. The normalized spacial score (nSPS) is 11.5. The Morgan fingerprint density at radius 1 is 1.21 bits per heavy atom. The van der Waals surface area contributed by atoms with Gasteiger partial charge in [0.2, 0.25) is 0 Å². The highest BCUT2D eigenvalue weighted by molar-refractivity contribution is 6.30. The lowest BCUT2D eigenvalue weighted by Crippen LogP contribution is -2.18. The van der Waals surface area contributed by atoms with Gasteiger partial charge in [0.15, 0.2) is 0 Å². The summed E-state index contributed by atoms with van der Waals surface area (Å²) in [6, 6.07) is 3.22. The SMILES string of the molecule is CC(C)Nc1cnc(C(=O)Nc2ccc(Cl)cc2C(F)(F)F)cn1. The van der Waals surface area contributed by atoms with E-state index in [1.807, 2.05) is 13.8 Å². The first-order valence-corrected chi connectivity index (χ1v) is 7.31. The van der Waals surface area contributed by atoms with Gasteiger partial charge < -0.3 is 10.6 Å². The molecule has 1 heterocycles. The molecule has 0 aliphatic carbocycles. The Labute approximate surface area is 141 Å². The molecule has 9 heteroatoms. The summed E-state index contributed by atoms with van der Waals surface area (Å²) in [5.74, 6) is -0.338. The molecule has 0 unspecified atom stereocenters. The molecule has 0 aliphatic heterocycles. The van der Waals surface area contributed by atoms with Gasteiger partial charge in [0.25, 0.3) is 5.91 Å². The number of hydrogen-bond acceptors (Lipinski definition) is 4. The molecule has 2 aromatic rings. The van der Waals surface area contributed by atoms with Crippen LogP contribution in [0.2, 0.25) is 5.02 Å². The van der Waals surface area contributed by atoms with Gasteiger partial charge in [0.1, 0.15) is 11.5 Å². The zero-order chi connectivity index (χ0) is 17.9. The number of amides is 1. The smallest absolute Gasteiger partial charge is 0.367 e. The third-order valence-electron chi connectivity index (χ3n) is 2.86. The van der Waals surface area contributed by atoms with Gasteiger partial charge >= 0.3 is 6.18 Å². The molecule has 0 fully saturated rings. The number of alkyl halides is 3. The highest BCUT2D eigenvalue weighted by Gasteiger charge is 2.34. The molecule has 0 aliphatic rings. The van der Waals surface area contributed by atoms with Crippen LogP contribution < -0.4 is 10.6 Å². The molecule has 2 N–H and O–H groups in total. The van der Waals surface area contributed by atoms with Crippen molar-refractivity contribution in [2.45, 2.75) is 26.1 Å². The predicted molar refractivity (Wildman–Crippen MR) is 85.2 cm³/mol. The average Bonchev–Trinajstić information content (AvgIpc) is 2.48. The number of nitrogens with zero attached hydrogens (tertiary/aromatic N) is 2. The highest BCUT2D eigenvalue weighted by atomic mass is 35.5. The van der Waals surface area contributed by atoms with Gasteiger partial charge in [-0.05, 0) is 32.0 Å². The number of nitrogens with one attached hydrogen (secondary N) is 2. The molecule has 128 valence electrons. The first kappa shape index (κ1) is 18.0. The summed E-state index contributed by atoms with van der Waals surface area (Å²) in [6.45, 7) is 3.81. The van der Waals surface area contributed by atoms with Crippen LogP contribution in [0.3, 0.4) is 0 Å². The van der Waals surface area contributed by atoms with Crippen molar-refractivity contribution in [1.82, 2.24) is 9.97 Å². The van der Waals surface area contributed by atoms with Crippen LogP contribution in [0.5, 0.6) is 0 Å². The van der Waals surface area contributed by atoms with E-state index in [2.05, 4.69) is 20.6 Å². The average molecular weight is 359 g/mol. The Hall–Kier alpha value is -2.35. The minimum atomic E-state index is -4.65. The lowest BCUT2D eigenvalue weighted by Gasteiger charge is -2.14. The number of halogens is 4. The molecule has 0 saturated heterocycles. The van der Waals surface area contributed by atoms with E-state index in [0.29, 0.717) is 5.82 Å². The Morgan fingerprint density at radius 3 is 2.46 bits per heavy atom. The van der Waals surface area contributed by atoms with Crippen molar-refractivity contribution in [3.63, 3.8) is 0 Å². The molecule has 0 radical (unpaired) electrons. The second-order valence-corrected chi connectivity index (χ2v) is 5.66. The summed E-state index contributed by atoms with van der Waals surface area (Å²) in [5, 5.41) is 5.09. The van der Waals surface area contributed by atoms with Crippen LogP contribution in [0.15, 0.2) is 30.6 Å². The summed E-state index contributed by atoms with van der Waals surface area (Å²) in [6.07, 6.45) is -2.13. The molecule has 0 saturated carbocycles. The fourth-order valence-corrected chi connectivity index (χ4v) is 2.03. The topological polar surface area (TPSA) is 66.9 Å². The second-order valence-electron chi connectivity index (χ2n) is 5.23. The number of benzene rings is 1. The standard InChI is InChI=1S/C15H14ClF3N4O/c1-8(2)22-13-7-20-12(6-21-13)14(24)23-11-4-3-9(16)5-10(11)15(17,18)19/h3-8H,1-2H3,(H,21,22)(H,23,24). The van der Waals surface area contributed by atoms with Crippen LogP contribution in [0.25, 0.3) is 0 Å². The third kappa shape index (κ3) is 4.58. The molecular weight excluding hydrogens is 345 g/mol. The van der Waals surface area contributed by atoms with Crippen LogP contribution in [-0.4, -0.2) is 21.9 Å². The van der Waals surface area contributed by atoms with E-state index in [1.165, 1.54) is 18.5 Å². The van der Waals surface area contributed by atoms with Gasteiger partial charge in [-0.15, -0.1) is 0 Å². The van der Waals surface area contributed by atoms with E-state index < -0.39 is 23.3 Å². The number of hydrogen-bond donors (Lipinski definition) is 2. The summed E-state index contributed by atoms with van der Waals surface area (Å²) in [4.78, 5) is 20.0. The fraction of sp³-hybridized carbons (Fsp3) is 0.267. The quantitative estimate of drug-likeness (QED) is 0.858. The van der Waals surface area contributed by atoms with Crippen LogP contribution >= 0.6 is 11.6 Å². The fourth-order valence-electron chi connectivity index (χ4n) is 1.86. The highest BCUT2D eigenvalue weighted by Crippen LogP contribution is 2.36. The first-order chi connectivity index (χ1) is 11.2. The maximum absolute atomic E-state index is 13.0. The van der Waals surface area contributed by atoms with Crippen molar-refractivity contribution in [3.8, 4) is 0 Å². The van der Waals surface area contributed by atoms with Crippen molar-refractivity contribution in [1.29, 1.82) is 0 Å². The van der Waals surface area contributed by atoms with E-state index in [-0.39, 0.29) is 16.8 Å². The number of carbonyl (C=O) groups excluding carboxylic acids is 1. The molecule has 5 nitrogen and oxygen atoms in total. The molecule has 1 aromatic carbocycles. The van der Waals surface area contributed by atoms with E-state index in [1.54, 1.807) is 0 Å². The van der Waals surface area contributed by atoms with Crippen LogP contribution in [0, 0.1) is 0 Å². The van der Waals surface area contributed by atoms with Gasteiger partial charge in [-0.1, -0.05) is 11.6 Å². The molecule has 1 amide bonds. The summed E-state index contributed by atoms with van der Waals surface area (Å²) in [5.41, 5.74) is -1.54. The van der Waals surface area contributed by atoms with Gasteiger partial charge in [-0.2, -0.15) is 13.2 Å². The minimum absolute atomic E-state index is 0.0794. The molecular formula is C15H14ClF3N4O. The minimum Gasteiger partial charge on any atom is -0.367 e.